The summed E-state index contributed by atoms with van der Waals surface area (Å²) in [5.41, 5.74) is 14.8. The Bertz CT molecular complexity index is 2510. The first-order valence-electron chi connectivity index (χ1n) is 22.8. The van der Waals surface area contributed by atoms with Gasteiger partial charge < -0.3 is 36.8 Å². The number of fused-ring (bicyclic) bond motifs is 5. The molecule has 4 bridgehead atoms. The average molecular weight is 935 g/mol. The van der Waals surface area contributed by atoms with Crippen LogP contribution in [-0.2, 0) is 35.2 Å². The number of likely N-dealkylation sites (tertiary alicyclic amines) is 1. The molecule has 354 valence electrons. The third-order valence-corrected chi connectivity index (χ3v) is 13.5. The fourth-order valence-electron chi connectivity index (χ4n) is 9.33. The number of phenols is 2. The maximum absolute atomic E-state index is 14.7. The first kappa shape index (κ1) is 50.0. The number of aromatic hydroxyl groups is 2. The van der Waals surface area contributed by atoms with Gasteiger partial charge in [0.1, 0.15) is 23.6 Å². The predicted octanol–water partition coefficient (Wildman–Crippen LogP) is 6.56. The molecule has 0 aromatic heterocycles. The van der Waals surface area contributed by atoms with Crippen molar-refractivity contribution in [3.05, 3.63) is 107 Å². The van der Waals surface area contributed by atoms with E-state index in [4.69, 9.17) is 23.1 Å². The zero-order valence-corrected chi connectivity index (χ0v) is 39.1. The van der Waals surface area contributed by atoms with Gasteiger partial charge in [0.25, 0.3) is 0 Å². The van der Waals surface area contributed by atoms with E-state index in [9.17, 15) is 43.8 Å². The molecule has 14 nitrogen and oxygen atoms in total. The number of rotatable bonds is 15. The number of phenolic OH excluding ortho intramolecular Hbond substituents is 2. The maximum atomic E-state index is 14.7. The molecule has 0 radical (unpaired) electrons. The molecule has 7 atom stereocenters. The Kier molecular flexibility index (Phi) is 16.4. The zero-order chi connectivity index (χ0) is 48.7. The molecule has 2 heterocycles. The molecule has 2 aliphatic heterocycles. The summed E-state index contributed by atoms with van der Waals surface area (Å²) in [6.07, 6.45) is 1.17. The quantitative estimate of drug-likeness (QED) is 0.0637. The highest BCUT2D eigenvalue weighted by Gasteiger charge is 2.41. The lowest BCUT2D eigenvalue weighted by Gasteiger charge is -2.32. The Morgan fingerprint density at radius 1 is 0.851 bits per heavy atom. The largest absolute Gasteiger partial charge is 0.507 e. The van der Waals surface area contributed by atoms with Crippen LogP contribution in [0, 0.1) is 23.7 Å². The molecule has 67 heavy (non-hydrogen) atoms. The van der Waals surface area contributed by atoms with E-state index in [1.54, 1.807) is 43.3 Å². The Labute approximate surface area is 396 Å². The number of nitrogens with two attached hydrogens (primary N) is 2. The third-order valence-electron chi connectivity index (χ3n) is 13.2. The number of hydrogen-bond donors (Lipinski definition) is 5. The van der Waals surface area contributed by atoms with Crippen LogP contribution in [0.4, 0.5) is 0 Å². The second-order valence-corrected chi connectivity index (χ2v) is 18.7. The van der Waals surface area contributed by atoms with Gasteiger partial charge in [-0.15, -0.1) is 0 Å². The lowest BCUT2D eigenvalue weighted by atomic mass is 9.87. The van der Waals surface area contributed by atoms with Gasteiger partial charge in [0.2, 0.25) is 23.6 Å². The van der Waals surface area contributed by atoms with Crippen LogP contribution in [0.1, 0.15) is 93.2 Å². The number of nitrogens with one attached hydrogen (secondary N) is 1. The van der Waals surface area contributed by atoms with Crippen molar-refractivity contribution in [3.63, 3.8) is 0 Å². The highest BCUT2D eigenvalue weighted by atomic mass is 35.5. The van der Waals surface area contributed by atoms with Crippen molar-refractivity contribution in [3.8, 4) is 33.8 Å². The molecule has 15 heteroatoms. The minimum atomic E-state index is -1.30. The second kappa shape index (κ2) is 21.9. The first-order valence-corrected chi connectivity index (χ1v) is 23.2. The number of amides is 4. The van der Waals surface area contributed by atoms with Gasteiger partial charge in [-0.25, -0.2) is 0 Å². The van der Waals surface area contributed by atoms with Crippen LogP contribution in [0.5, 0.6) is 11.5 Å². The smallest absolute Gasteiger partial charge is 0.240 e. The fourth-order valence-corrected chi connectivity index (χ4v) is 9.46. The van der Waals surface area contributed by atoms with Gasteiger partial charge in [0.15, 0.2) is 17.3 Å². The van der Waals surface area contributed by atoms with E-state index in [-0.39, 0.29) is 60.0 Å². The normalized spacial score (nSPS) is 20.6. The number of Topliss-reactive ketones (excluding diaryl/α,β-unsaturated/α-hetero) is 3. The number of hydrogen-bond acceptors (Lipinski definition) is 10. The molecular formula is C52H60ClN5O9. The number of ketones is 3. The molecule has 1 fully saturated rings. The monoisotopic (exact) mass is 933 g/mol. The van der Waals surface area contributed by atoms with E-state index in [1.807, 2.05) is 31.2 Å². The van der Waals surface area contributed by atoms with Gasteiger partial charge in [0.05, 0.1) is 6.04 Å². The minimum absolute atomic E-state index is 0.0544. The molecule has 0 spiro atoms. The maximum Gasteiger partial charge on any atom is 0.240 e. The summed E-state index contributed by atoms with van der Waals surface area (Å²) in [5, 5.41) is 25.8. The van der Waals surface area contributed by atoms with Crippen LogP contribution in [0.15, 0.2) is 84.9 Å². The number of halogens is 1. The molecule has 0 saturated carbocycles. The summed E-state index contributed by atoms with van der Waals surface area (Å²) in [5.74, 6) is -6.71. The molecular weight excluding hydrogens is 874 g/mol. The van der Waals surface area contributed by atoms with Crippen molar-refractivity contribution >= 4 is 52.6 Å². The van der Waals surface area contributed by atoms with Gasteiger partial charge in [0, 0.05) is 72.3 Å². The minimum Gasteiger partial charge on any atom is -0.507 e. The van der Waals surface area contributed by atoms with Gasteiger partial charge >= 0.3 is 0 Å². The second-order valence-electron chi connectivity index (χ2n) is 18.2. The Morgan fingerprint density at radius 3 is 2.12 bits per heavy atom. The Morgan fingerprint density at radius 2 is 1.48 bits per heavy atom. The molecule has 6 rings (SSSR count). The SMILES string of the molecule is C[C@@H]1CC(=O)[C@@H](N(C)C(=O)[C@H](CCCCN)CC(=O)c2ccc(-c3ccc(Cl)cc3)cc2)c2ccc(O)c(c2)-c2cc(ccc2O)C[C@@H](C(=O)C[C@@H](C)C(=O)N2CC[C@H](C)[C@H]2C(N)=O)NC1=O. The van der Waals surface area contributed by atoms with E-state index in [1.165, 1.54) is 48.0 Å². The van der Waals surface area contributed by atoms with E-state index in [2.05, 4.69) is 5.32 Å². The van der Waals surface area contributed by atoms with Gasteiger partial charge in [-0.1, -0.05) is 87.3 Å². The molecule has 4 aromatic rings. The van der Waals surface area contributed by atoms with Crippen molar-refractivity contribution in [1.82, 2.24) is 15.1 Å². The Hall–Kier alpha value is -6.38. The van der Waals surface area contributed by atoms with Crippen molar-refractivity contribution in [2.75, 3.05) is 20.1 Å². The number of likely N-dealkylation sites (N-methyl/N-ethyl adjacent to an activating group) is 1. The number of carbonyl (C=O) groups excluding carboxylic acids is 7. The Balaban J connectivity index is 1.29. The molecule has 0 aliphatic carbocycles. The van der Waals surface area contributed by atoms with Gasteiger partial charge in [-0.2, -0.15) is 0 Å². The average Bonchev–Trinajstić information content (AvgIpc) is 3.70. The van der Waals surface area contributed by atoms with Crippen LogP contribution < -0.4 is 16.8 Å². The predicted molar refractivity (Wildman–Crippen MR) is 255 cm³/mol. The third kappa shape index (κ3) is 11.8. The summed E-state index contributed by atoms with van der Waals surface area (Å²) in [6.45, 7) is 5.65. The zero-order valence-electron chi connectivity index (χ0n) is 38.4. The van der Waals surface area contributed by atoms with Crippen molar-refractivity contribution < 1.29 is 43.8 Å². The van der Waals surface area contributed by atoms with Crippen LogP contribution in [0.25, 0.3) is 22.3 Å². The number of primary amides is 1. The molecule has 7 N–H and O–H groups in total. The molecule has 4 amide bonds. The molecule has 4 aromatic carbocycles. The highest BCUT2D eigenvalue weighted by Crippen LogP contribution is 2.40. The van der Waals surface area contributed by atoms with Crippen molar-refractivity contribution in [2.24, 2.45) is 35.1 Å². The van der Waals surface area contributed by atoms with Crippen LogP contribution in [0.2, 0.25) is 5.02 Å². The number of nitrogens with zero attached hydrogens (tertiary/aromatic N) is 2. The number of benzene rings is 4. The summed E-state index contributed by atoms with van der Waals surface area (Å²) < 4.78 is 0. The highest BCUT2D eigenvalue weighted by molar-refractivity contribution is 6.30. The first-order chi connectivity index (χ1) is 31.9. The van der Waals surface area contributed by atoms with Crippen LogP contribution >= 0.6 is 11.6 Å². The van der Waals surface area contributed by atoms with Crippen LogP contribution in [0.3, 0.4) is 0 Å². The summed E-state index contributed by atoms with van der Waals surface area (Å²) >= 11 is 6.07. The van der Waals surface area contributed by atoms with E-state index in [0.717, 1.165) is 11.1 Å². The summed E-state index contributed by atoms with van der Waals surface area (Å²) in [6, 6.07) is 20.0. The van der Waals surface area contributed by atoms with E-state index >= 15 is 0 Å². The van der Waals surface area contributed by atoms with E-state index in [0.29, 0.717) is 60.5 Å². The van der Waals surface area contributed by atoms with Crippen LogP contribution in [-0.4, -0.2) is 93.2 Å². The van der Waals surface area contributed by atoms with Crippen molar-refractivity contribution in [1.29, 1.82) is 0 Å². The van der Waals surface area contributed by atoms with Gasteiger partial charge in [-0.05, 0) is 96.8 Å². The summed E-state index contributed by atoms with van der Waals surface area (Å²) in [7, 11) is 1.47. The van der Waals surface area contributed by atoms with Crippen molar-refractivity contribution in [2.45, 2.75) is 90.3 Å². The van der Waals surface area contributed by atoms with Gasteiger partial charge in [-0.3, -0.25) is 33.6 Å². The molecule has 1 saturated heterocycles. The lowest BCUT2D eigenvalue weighted by Crippen LogP contribution is -2.49. The standard InChI is InChI=1S/C52H60ClN5O9/c1-29-20-22-58(47(29)49(55)64)51(66)31(3)24-45(62)41-26-32-8-18-42(59)39(25-32)40-27-36(15-19-43(40)60)48(46(63)23-30(2)50(65)56-41)57(4)52(67)37(7-5-6-21-54)28-44(61)35-11-9-33(10-12-35)34-13-16-38(53)17-14-34/h8-19,25,27,29-31,37,41,47-48,59-60H,5-7,20-24,26,28,54H2,1-4H3,(H2,55,64)(H,56,65)/t29-,30+,31+,37+,41-,47-,48-/m0/s1. The number of carbonyl (C=O) groups is 7. The molecule has 0 unspecified atom stereocenters. The topological polar surface area (TPSA) is 230 Å². The summed E-state index contributed by atoms with van der Waals surface area (Å²) in [4.78, 5) is 100.0. The lowest BCUT2D eigenvalue weighted by molar-refractivity contribution is -0.143. The fraction of sp³-hybridized carbons (Fsp3) is 0.404. The molecule has 2 aliphatic rings. The van der Waals surface area contributed by atoms with E-state index < -0.39 is 71.1 Å². The number of unbranched alkanes of at least 4 members (excludes halogenated alkanes) is 1.